The number of ether oxygens (including phenoxy) is 2. The highest BCUT2D eigenvalue weighted by atomic mass is 16.5. The lowest BCUT2D eigenvalue weighted by atomic mass is 9.99. The van der Waals surface area contributed by atoms with Gasteiger partial charge in [0.25, 0.3) is 11.8 Å². The van der Waals surface area contributed by atoms with Gasteiger partial charge in [-0.1, -0.05) is 18.2 Å². The summed E-state index contributed by atoms with van der Waals surface area (Å²) in [4.78, 5) is 30.2. The molecule has 2 amide bonds. The fraction of sp³-hybridized carbons (Fsp3) is 0.583. The molecule has 0 N–H and O–H groups in total. The van der Waals surface area contributed by atoms with Crippen LogP contribution >= 0.6 is 0 Å². The smallest absolute Gasteiger partial charge is 0.277 e. The van der Waals surface area contributed by atoms with Crippen molar-refractivity contribution < 1.29 is 19.1 Å². The Balaban J connectivity index is 1.94. The Morgan fingerprint density at radius 1 is 1.07 bits per heavy atom. The zero-order valence-corrected chi connectivity index (χ0v) is 19.0. The van der Waals surface area contributed by atoms with Gasteiger partial charge in [-0.3, -0.25) is 14.5 Å². The molecule has 6 nitrogen and oxygen atoms in total. The van der Waals surface area contributed by atoms with Crippen molar-refractivity contribution in [1.82, 2.24) is 9.80 Å². The maximum atomic E-state index is 13.4. The van der Waals surface area contributed by atoms with E-state index >= 15 is 0 Å². The van der Waals surface area contributed by atoms with E-state index in [1.54, 1.807) is 0 Å². The van der Waals surface area contributed by atoms with Gasteiger partial charge in [0.2, 0.25) is 0 Å². The van der Waals surface area contributed by atoms with Crippen LogP contribution in [0, 0.1) is 13.8 Å². The maximum Gasteiger partial charge on any atom is 0.277 e. The number of nitrogens with zero attached hydrogens (tertiary/aromatic N) is 2. The minimum atomic E-state index is -0.213. The third-order valence-electron chi connectivity index (χ3n) is 5.65. The molecule has 1 aromatic carbocycles. The Labute approximate surface area is 179 Å². The lowest BCUT2D eigenvalue weighted by Gasteiger charge is -2.37. The van der Waals surface area contributed by atoms with Gasteiger partial charge < -0.3 is 14.4 Å². The van der Waals surface area contributed by atoms with Crippen molar-refractivity contribution in [3.63, 3.8) is 0 Å². The molecule has 0 aromatic heterocycles. The van der Waals surface area contributed by atoms with Gasteiger partial charge >= 0.3 is 0 Å². The van der Waals surface area contributed by atoms with E-state index < -0.39 is 0 Å². The average molecular weight is 415 g/mol. The summed E-state index contributed by atoms with van der Waals surface area (Å²) in [6.45, 7) is 14.1. The summed E-state index contributed by atoms with van der Waals surface area (Å²) < 4.78 is 11.4. The molecule has 30 heavy (non-hydrogen) atoms. The number of amides is 2. The number of aryl methyl sites for hydroxylation is 2. The molecule has 1 fully saturated rings. The minimum Gasteiger partial charge on any atom is -0.379 e. The minimum absolute atomic E-state index is 0.00125. The van der Waals surface area contributed by atoms with Gasteiger partial charge in [0.05, 0.1) is 23.9 Å². The quantitative estimate of drug-likeness (QED) is 0.506. The molecule has 1 saturated heterocycles. The second-order valence-corrected chi connectivity index (χ2v) is 8.72. The van der Waals surface area contributed by atoms with E-state index in [-0.39, 0.29) is 30.1 Å². The summed E-state index contributed by atoms with van der Waals surface area (Å²) in [5, 5.41) is 0. The lowest BCUT2D eigenvalue weighted by Crippen LogP contribution is -2.47. The molecule has 2 aliphatic heterocycles. The van der Waals surface area contributed by atoms with E-state index in [1.807, 2.05) is 64.6 Å². The first-order chi connectivity index (χ1) is 14.2. The van der Waals surface area contributed by atoms with Crippen LogP contribution in [-0.2, 0) is 19.1 Å². The van der Waals surface area contributed by atoms with E-state index in [2.05, 4.69) is 0 Å². The molecule has 6 heteroatoms. The Hall–Kier alpha value is -2.18. The first kappa shape index (κ1) is 22.5. The molecule has 0 saturated carbocycles. The first-order valence-corrected chi connectivity index (χ1v) is 10.9. The first-order valence-electron chi connectivity index (χ1n) is 10.9. The van der Waals surface area contributed by atoms with Crippen LogP contribution in [0.5, 0.6) is 0 Å². The number of carbonyl (C=O) groups excluding carboxylic acids is 2. The molecule has 0 bridgehead atoms. The molecule has 0 spiro atoms. The van der Waals surface area contributed by atoms with Crippen LogP contribution in [0.1, 0.15) is 50.8 Å². The average Bonchev–Trinajstić information content (AvgIpc) is 2.90. The number of hydrogen-bond donors (Lipinski definition) is 0. The second kappa shape index (κ2) is 9.31. The fourth-order valence-corrected chi connectivity index (χ4v) is 4.12. The van der Waals surface area contributed by atoms with Crippen LogP contribution < -0.4 is 0 Å². The van der Waals surface area contributed by atoms with E-state index in [9.17, 15) is 9.59 Å². The van der Waals surface area contributed by atoms with Crippen molar-refractivity contribution in [2.45, 2.75) is 66.3 Å². The summed E-state index contributed by atoms with van der Waals surface area (Å²) in [5.74, 6) is -0.423. The fourth-order valence-electron chi connectivity index (χ4n) is 4.12. The second-order valence-electron chi connectivity index (χ2n) is 8.72. The van der Waals surface area contributed by atoms with Gasteiger partial charge in [0.15, 0.2) is 0 Å². The molecule has 2 aliphatic rings. The zero-order valence-electron chi connectivity index (χ0n) is 19.0. The molecule has 2 unspecified atom stereocenters. The largest absolute Gasteiger partial charge is 0.379 e. The van der Waals surface area contributed by atoms with Gasteiger partial charge in [-0.2, -0.15) is 0 Å². The van der Waals surface area contributed by atoms with Gasteiger partial charge in [0.1, 0.15) is 5.70 Å². The predicted octanol–water partition coefficient (Wildman–Crippen LogP) is 3.31. The lowest BCUT2D eigenvalue weighted by molar-refractivity contribution is -0.138. The highest BCUT2D eigenvalue weighted by molar-refractivity contribution is 6.35. The molecule has 3 rings (SSSR count). The van der Waals surface area contributed by atoms with Crippen LogP contribution in [0.4, 0.5) is 0 Å². The molecule has 0 radical (unpaired) electrons. The SMILES string of the molecule is Cc1ccc(C2=C(N3CC(C)OC(C)C3)C(=O)N(CCCOC(C)C)C2=O)cc1C. The van der Waals surface area contributed by atoms with Crippen molar-refractivity contribution in [2.75, 3.05) is 26.2 Å². The zero-order chi connectivity index (χ0) is 22.0. The number of benzene rings is 1. The summed E-state index contributed by atoms with van der Waals surface area (Å²) in [7, 11) is 0. The van der Waals surface area contributed by atoms with Gasteiger partial charge in [-0.25, -0.2) is 0 Å². The van der Waals surface area contributed by atoms with Gasteiger partial charge in [-0.05, 0) is 64.7 Å². The topological polar surface area (TPSA) is 59.1 Å². The van der Waals surface area contributed by atoms with Crippen LogP contribution in [-0.4, -0.2) is 66.2 Å². The van der Waals surface area contributed by atoms with E-state index in [0.29, 0.717) is 43.9 Å². The predicted molar refractivity (Wildman–Crippen MR) is 117 cm³/mol. The molecular weight excluding hydrogens is 380 g/mol. The molecule has 164 valence electrons. The Kier molecular flexibility index (Phi) is 6.98. The van der Waals surface area contributed by atoms with Crippen molar-refractivity contribution in [2.24, 2.45) is 0 Å². The summed E-state index contributed by atoms with van der Waals surface area (Å²) in [6, 6.07) is 5.97. The van der Waals surface area contributed by atoms with Crippen molar-refractivity contribution in [1.29, 1.82) is 0 Å². The van der Waals surface area contributed by atoms with Crippen LogP contribution in [0.15, 0.2) is 23.9 Å². The molecule has 0 aliphatic carbocycles. The molecule has 2 heterocycles. The number of imide groups is 1. The van der Waals surface area contributed by atoms with E-state index in [1.165, 1.54) is 4.90 Å². The number of rotatable bonds is 7. The number of hydrogen-bond acceptors (Lipinski definition) is 5. The van der Waals surface area contributed by atoms with Crippen LogP contribution in [0.3, 0.4) is 0 Å². The van der Waals surface area contributed by atoms with Crippen LogP contribution in [0.2, 0.25) is 0 Å². The monoisotopic (exact) mass is 414 g/mol. The maximum absolute atomic E-state index is 13.4. The van der Waals surface area contributed by atoms with Gasteiger partial charge in [-0.15, -0.1) is 0 Å². The molecular formula is C24H34N2O4. The van der Waals surface area contributed by atoms with Crippen LogP contribution in [0.25, 0.3) is 5.57 Å². The Bertz CT molecular complexity index is 836. The normalized spacial score (nSPS) is 22.6. The van der Waals surface area contributed by atoms with E-state index in [0.717, 1.165) is 16.7 Å². The van der Waals surface area contributed by atoms with Gasteiger partial charge in [0, 0.05) is 26.2 Å². The summed E-state index contributed by atoms with van der Waals surface area (Å²) in [6.07, 6.45) is 0.752. The van der Waals surface area contributed by atoms with Crippen molar-refractivity contribution >= 4 is 17.4 Å². The Morgan fingerprint density at radius 2 is 1.73 bits per heavy atom. The highest BCUT2D eigenvalue weighted by Crippen LogP contribution is 2.34. The standard InChI is InChI=1S/C24H34N2O4/c1-15(2)29-11-7-10-26-23(27)21(20-9-8-16(3)17(4)12-20)22(24(26)28)25-13-18(5)30-19(6)14-25/h8-9,12,15,18-19H,7,10-11,13-14H2,1-6H3. The number of morpholine rings is 1. The summed E-state index contributed by atoms with van der Waals surface area (Å²) >= 11 is 0. The molecule has 2 atom stereocenters. The third-order valence-corrected chi connectivity index (χ3v) is 5.65. The molecule has 1 aromatic rings. The number of carbonyl (C=O) groups is 2. The van der Waals surface area contributed by atoms with Crippen molar-refractivity contribution in [3.05, 3.63) is 40.6 Å². The van der Waals surface area contributed by atoms with Crippen molar-refractivity contribution in [3.8, 4) is 0 Å². The van der Waals surface area contributed by atoms with E-state index in [4.69, 9.17) is 9.47 Å². The third kappa shape index (κ3) is 4.76. The highest BCUT2D eigenvalue weighted by Gasteiger charge is 2.42. The summed E-state index contributed by atoms with van der Waals surface area (Å²) in [5.41, 5.74) is 4.09. The Morgan fingerprint density at radius 3 is 2.33 bits per heavy atom.